The normalized spacial score (nSPS) is 10.6. The summed E-state index contributed by atoms with van der Waals surface area (Å²) in [7, 11) is 0. The smallest absolute Gasteiger partial charge is 0.146 e. The Kier molecular flexibility index (Phi) is 4.99. The van der Waals surface area contributed by atoms with Crippen LogP contribution in [0.4, 0.5) is 10.1 Å². The van der Waals surface area contributed by atoms with E-state index < -0.39 is 0 Å². The minimum atomic E-state index is -0.236. The lowest BCUT2D eigenvalue weighted by atomic mass is 10.2. The molecule has 0 saturated carbocycles. The van der Waals surface area contributed by atoms with Crippen LogP contribution in [0.5, 0.6) is 5.75 Å². The van der Waals surface area contributed by atoms with Gasteiger partial charge in [-0.15, -0.1) is 0 Å². The highest BCUT2D eigenvalue weighted by molar-refractivity contribution is 5.45. The molecule has 20 heavy (non-hydrogen) atoms. The van der Waals surface area contributed by atoms with E-state index in [0.29, 0.717) is 24.8 Å². The van der Waals surface area contributed by atoms with E-state index in [1.807, 2.05) is 30.3 Å². The molecule has 0 unspecified atom stereocenters. The highest BCUT2D eigenvalue weighted by atomic mass is 19.1. The maximum absolute atomic E-state index is 13.5. The number of halogens is 1. The zero-order valence-electron chi connectivity index (χ0n) is 11.9. The van der Waals surface area contributed by atoms with Gasteiger partial charge in [0.1, 0.15) is 11.6 Å². The molecule has 0 aliphatic carbocycles. The molecule has 0 spiro atoms. The third-order valence-electron chi connectivity index (χ3n) is 2.84. The van der Waals surface area contributed by atoms with Crippen molar-refractivity contribution < 1.29 is 9.13 Å². The molecule has 2 aromatic rings. The summed E-state index contributed by atoms with van der Waals surface area (Å²) < 4.78 is 19.2. The van der Waals surface area contributed by atoms with Gasteiger partial charge in [0.05, 0.1) is 12.3 Å². The molecule has 0 aliphatic rings. The van der Waals surface area contributed by atoms with Crippen LogP contribution in [-0.2, 0) is 6.54 Å². The van der Waals surface area contributed by atoms with Crippen LogP contribution in [0.3, 0.4) is 0 Å². The molecular formula is C17H20FNO. The van der Waals surface area contributed by atoms with E-state index >= 15 is 0 Å². The zero-order chi connectivity index (χ0) is 14.4. The van der Waals surface area contributed by atoms with Crippen LogP contribution in [0.25, 0.3) is 0 Å². The Hall–Kier alpha value is -2.03. The van der Waals surface area contributed by atoms with Gasteiger partial charge < -0.3 is 10.1 Å². The van der Waals surface area contributed by atoms with Gasteiger partial charge in [0.25, 0.3) is 0 Å². The molecule has 0 aliphatic heterocycles. The molecule has 0 radical (unpaired) electrons. The Balaban J connectivity index is 1.96. The Morgan fingerprint density at radius 2 is 1.90 bits per heavy atom. The van der Waals surface area contributed by atoms with Crippen molar-refractivity contribution >= 4 is 5.69 Å². The average Bonchev–Trinajstić information content (AvgIpc) is 2.45. The first-order valence-electron chi connectivity index (χ1n) is 6.85. The SMILES string of the molecule is CC(C)COc1cccc(CNc2ccccc2F)c1. The van der Waals surface area contributed by atoms with Gasteiger partial charge in [-0.05, 0) is 35.7 Å². The number of benzene rings is 2. The van der Waals surface area contributed by atoms with Gasteiger partial charge in [0.15, 0.2) is 0 Å². The van der Waals surface area contributed by atoms with Crippen molar-refractivity contribution in [3.63, 3.8) is 0 Å². The molecule has 0 amide bonds. The Labute approximate surface area is 119 Å². The van der Waals surface area contributed by atoms with Crippen LogP contribution in [0.2, 0.25) is 0 Å². The van der Waals surface area contributed by atoms with Crippen molar-refractivity contribution in [2.75, 3.05) is 11.9 Å². The molecular weight excluding hydrogens is 253 g/mol. The monoisotopic (exact) mass is 273 g/mol. The second-order valence-corrected chi connectivity index (χ2v) is 5.19. The summed E-state index contributed by atoms with van der Waals surface area (Å²) in [6, 6.07) is 14.5. The lowest BCUT2D eigenvalue weighted by Gasteiger charge is -2.11. The molecule has 106 valence electrons. The van der Waals surface area contributed by atoms with E-state index in [-0.39, 0.29) is 5.82 Å². The van der Waals surface area contributed by atoms with Crippen LogP contribution in [0.15, 0.2) is 48.5 Å². The zero-order valence-corrected chi connectivity index (χ0v) is 11.9. The van der Waals surface area contributed by atoms with E-state index in [9.17, 15) is 4.39 Å². The van der Waals surface area contributed by atoms with Crippen molar-refractivity contribution in [3.05, 3.63) is 59.9 Å². The van der Waals surface area contributed by atoms with E-state index in [2.05, 4.69) is 19.2 Å². The van der Waals surface area contributed by atoms with E-state index in [4.69, 9.17) is 4.74 Å². The third kappa shape index (κ3) is 4.26. The van der Waals surface area contributed by atoms with Crippen LogP contribution in [0, 0.1) is 11.7 Å². The molecule has 0 fully saturated rings. The third-order valence-corrected chi connectivity index (χ3v) is 2.84. The predicted octanol–water partition coefficient (Wildman–Crippen LogP) is 4.47. The van der Waals surface area contributed by atoms with Crippen molar-refractivity contribution in [2.45, 2.75) is 20.4 Å². The molecule has 1 N–H and O–H groups in total. The highest BCUT2D eigenvalue weighted by Gasteiger charge is 2.02. The largest absolute Gasteiger partial charge is 0.493 e. The molecule has 2 nitrogen and oxygen atoms in total. The first-order valence-corrected chi connectivity index (χ1v) is 6.85. The maximum Gasteiger partial charge on any atom is 0.146 e. The van der Waals surface area contributed by atoms with E-state index in [1.165, 1.54) is 6.07 Å². The van der Waals surface area contributed by atoms with Gasteiger partial charge in [0.2, 0.25) is 0 Å². The second-order valence-electron chi connectivity index (χ2n) is 5.19. The fourth-order valence-electron chi connectivity index (χ4n) is 1.81. The van der Waals surface area contributed by atoms with Crippen LogP contribution in [0.1, 0.15) is 19.4 Å². The molecule has 0 bridgehead atoms. The number of hydrogen-bond donors (Lipinski definition) is 1. The quantitative estimate of drug-likeness (QED) is 0.838. The minimum absolute atomic E-state index is 0.236. The number of anilines is 1. The van der Waals surface area contributed by atoms with Crippen LogP contribution in [-0.4, -0.2) is 6.61 Å². The average molecular weight is 273 g/mol. The molecule has 2 aromatic carbocycles. The van der Waals surface area contributed by atoms with Gasteiger partial charge >= 0.3 is 0 Å². The lowest BCUT2D eigenvalue weighted by Crippen LogP contribution is -2.05. The summed E-state index contributed by atoms with van der Waals surface area (Å²) in [4.78, 5) is 0. The number of nitrogens with one attached hydrogen (secondary N) is 1. The molecule has 0 atom stereocenters. The number of hydrogen-bond acceptors (Lipinski definition) is 2. The molecule has 0 saturated heterocycles. The van der Waals surface area contributed by atoms with E-state index in [0.717, 1.165) is 11.3 Å². The van der Waals surface area contributed by atoms with Crippen molar-refractivity contribution in [1.82, 2.24) is 0 Å². The number of rotatable bonds is 6. The Morgan fingerprint density at radius 1 is 1.10 bits per heavy atom. The van der Waals surface area contributed by atoms with Gasteiger partial charge in [-0.2, -0.15) is 0 Å². The van der Waals surface area contributed by atoms with Crippen LogP contribution < -0.4 is 10.1 Å². The summed E-state index contributed by atoms with van der Waals surface area (Å²) in [6.07, 6.45) is 0. The Bertz CT molecular complexity index is 554. The van der Waals surface area contributed by atoms with Crippen molar-refractivity contribution in [1.29, 1.82) is 0 Å². The maximum atomic E-state index is 13.5. The topological polar surface area (TPSA) is 21.3 Å². The number of ether oxygens (including phenoxy) is 1. The minimum Gasteiger partial charge on any atom is -0.493 e. The lowest BCUT2D eigenvalue weighted by molar-refractivity contribution is 0.271. The summed E-state index contributed by atoms with van der Waals surface area (Å²) in [5.41, 5.74) is 1.58. The standard InChI is InChI=1S/C17H20FNO/c1-13(2)12-20-15-7-5-6-14(10-15)11-19-17-9-4-3-8-16(17)18/h3-10,13,19H,11-12H2,1-2H3. The summed E-state index contributed by atoms with van der Waals surface area (Å²) in [5.74, 6) is 1.11. The molecule has 0 aromatic heterocycles. The summed E-state index contributed by atoms with van der Waals surface area (Å²) >= 11 is 0. The first kappa shape index (κ1) is 14.4. The fourth-order valence-corrected chi connectivity index (χ4v) is 1.81. The fraction of sp³-hybridized carbons (Fsp3) is 0.294. The van der Waals surface area contributed by atoms with Crippen LogP contribution >= 0.6 is 0 Å². The van der Waals surface area contributed by atoms with Gasteiger partial charge in [-0.25, -0.2) is 4.39 Å². The van der Waals surface area contributed by atoms with Crippen molar-refractivity contribution in [3.8, 4) is 5.75 Å². The molecule has 0 heterocycles. The van der Waals surface area contributed by atoms with Gasteiger partial charge in [-0.3, -0.25) is 0 Å². The van der Waals surface area contributed by atoms with Crippen molar-refractivity contribution in [2.24, 2.45) is 5.92 Å². The van der Waals surface area contributed by atoms with Gasteiger partial charge in [-0.1, -0.05) is 38.1 Å². The van der Waals surface area contributed by atoms with Gasteiger partial charge in [0, 0.05) is 6.54 Å². The first-order chi connectivity index (χ1) is 9.65. The molecule has 3 heteroatoms. The highest BCUT2D eigenvalue weighted by Crippen LogP contribution is 2.17. The number of para-hydroxylation sites is 1. The summed E-state index contributed by atoms with van der Waals surface area (Å²) in [5, 5.41) is 3.09. The Morgan fingerprint density at radius 3 is 2.65 bits per heavy atom. The predicted molar refractivity (Wildman–Crippen MR) is 80.5 cm³/mol. The summed E-state index contributed by atoms with van der Waals surface area (Å²) in [6.45, 7) is 5.50. The molecule has 2 rings (SSSR count). The second kappa shape index (κ2) is 6.94. The van der Waals surface area contributed by atoms with E-state index in [1.54, 1.807) is 12.1 Å².